The summed E-state index contributed by atoms with van der Waals surface area (Å²) in [7, 11) is 0. The molecule has 0 radical (unpaired) electrons. The van der Waals surface area contributed by atoms with Gasteiger partial charge in [-0.15, -0.1) is 0 Å². The van der Waals surface area contributed by atoms with E-state index in [1.54, 1.807) is 22.8 Å². The van der Waals surface area contributed by atoms with Gasteiger partial charge in [-0.2, -0.15) is 5.10 Å². The zero-order valence-electron chi connectivity index (χ0n) is 10.6. The summed E-state index contributed by atoms with van der Waals surface area (Å²) in [4.78, 5) is 0. The van der Waals surface area contributed by atoms with Crippen LogP contribution in [0.2, 0.25) is 5.02 Å². The van der Waals surface area contributed by atoms with Gasteiger partial charge >= 0.3 is 0 Å². The van der Waals surface area contributed by atoms with Crippen LogP contribution in [0.1, 0.15) is 17.2 Å². The molecule has 0 aliphatic heterocycles. The highest BCUT2D eigenvalue weighted by Gasteiger charge is 2.15. The number of halogens is 2. The largest absolute Gasteiger partial charge is 0.324 e. The van der Waals surface area contributed by atoms with Crippen LogP contribution >= 0.6 is 11.6 Å². The summed E-state index contributed by atoms with van der Waals surface area (Å²) in [6.07, 6.45) is 3.95. The van der Waals surface area contributed by atoms with E-state index in [4.69, 9.17) is 17.3 Å². The number of rotatable bonds is 3. The molecule has 1 atom stereocenters. The fraction of sp³-hybridized carbons (Fsp3) is 0.133. The maximum Gasteiger partial charge on any atom is 0.145 e. The van der Waals surface area contributed by atoms with Gasteiger partial charge in [-0.25, -0.2) is 8.91 Å². The van der Waals surface area contributed by atoms with E-state index in [9.17, 15) is 4.39 Å². The molecule has 2 aromatic heterocycles. The lowest BCUT2D eigenvalue weighted by atomic mass is 10.0. The van der Waals surface area contributed by atoms with Crippen molar-refractivity contribution in [2.75, 3.05) is 0 Å². The number of nitrogens with zero attached hydrogens (tertiary/aromatic N) is 2. The molecule has 3 nitrogen and oxygen atoms in total. The second kappa shape index (κ2) is 5.23. The van der Waals surface area contributed by atoms with Crippen LogP contribution in [0.3, 0.4) is 0 Å². The summed E-state index contributed by atoms with van der Waals surface area (Å²) in [5, 5.41) is 4.36. The van der Waals surface area contributed by atoms with Crippen LogP contribution in [0.15, 0.2) is 48.8 Å². The molecule has 0 amide bonds. The van der Waals surface area contributed by atoms with Gasteiger partial charge in [0.15, 0.2) is 0 Å². The molecule has 102 valence electrons. The summed E-state index contributed by atoms with van der Waals surface area (Å²) in [6.45, 7) is 0. The van der Waals surface area contributed by atoms with Gasteiger partial charge in [0.25, 0.3) is 0 Å². The van der Waals surface area contributed by atoms with Crippen LogP contribution in [0, 0.1) is 5.82 Å². The van der Waals surface area contributed by atoms with Gasteiger partial charge in [-0.3, -0.25) is 0 Å². The molecule has 3 rings (SSSR count). The lowest BCUT2D eigenvalue weighted by molar-refractivity contribution is 0.594. The normalized spacial score (nSPS) is 12.8. The van der Waals surface area contributed by atoms with E-state index in [2.05, 4.69) is 5.10 Å². The van der Waals surface area contributed by atoms with Crippen LogP contribution in [-0.2, 0) is 6.42 Å². The highest BCUT2D eigenvalue weighted by atomic mass is 35.5. The lowest BCUT2D eigenvalue weighted by Gasteiger charge is -2.11. The minimum absolute atomic E-state index is 0.120. The first kappa shape index (κ1) is 13.1. The fourth-order valence-corrected chi connectivity index (χ4v) is 2.49. The maximum absolute atomic E-state index is 13.9. The molecule has 1 unspecified atom stereocenters. The zero-order valence-corrected chi connectivity index (χ0v) is 11.4. The van der Waals surface area contributed by atoms with Crippen molar-refractivity contribution in [2.24, 2.45) is 5.73 Å². The Bertz CT molecular complexity index is 754. The minimum Gasteiger partial charge on any atom is -0.324 e. The molecule has 0 saturated heterocycles. The van der Waals surface area contributed by atoms with E-state index < -0.39 is 5.82 Å². The van der Waals surface area contributed by atoms with Crippen molar-refractivity contribution in [3.8, 4) is 0 Å². The Morgan fingerprint density at radius 3 is 2.95 bits per heavy atom. The predicted octanol–water partition coefficient (Wildman–Crippen LogP) is 3.37. The number of hydrogen-bond donors (Lipinski definition) is 1. The monoisotopic (exact) mass is 289 g/mol. The van der Waals surface area contributed by atoms with Crippen molar-refractivity contribution in [3.05, 3.63) is 70.8 Å². The molecule has 0 spiro atoms. The van der Waals surface area contributed by atoms with Gasteiger partial charge in [0.2, 0.25) is 0 Å². The Balaban J connectivity index is 1.93. The van der Waals surface area contributed by atoms with Crippen molar-refractivity contribution in [2.45, 2.75) is 12.5 Å². The van der Waals surface area contributed by atoms with Gasteiger partial charge in [-0.05, 0) is 30.2 Å². The topological polar surface area (TPSA) is 43.3 Å². The third-order valence-corrected chi connectivity index (χ3v) is 3.62. The van der Waals surface area contributed by atoms with E-state index in [1.807, 2.05) is 24.4 Å². The van der Waals surface area contributed by atoms with Crippen LogP contribution in [0.5, 0.6) is 0 Å². The quantitative estimate of drug-likeness (QED) is 0.803. The Morgan fingerprint density at radius 1 is 1.25 bits per heavy atom. The molecule has 3 aromatic rings. The van der Waals surface area contributed by atoms with Crippen molar-refractivity contribution in [1.82, 2.24) is 9.61 Å². The number of hydrogen-bond acceptors (Lipinski definition) is 2. The predicted molar refractivity (Wildman–Crippen MR) is 77.2 cm³/mol. The summed E-state index contributed by atoms with van der Waals surface area (Å²) >= 11 is 5.78. The number of nitrogens with two attached hydrogens (primary N) is 1. The third-order valence-electron chi connectivity index (χ3n) is 3.33. The van der Waals surface area contributed by atoms with Crippen molar-refractivity contribution in [3.63, 3.8) is 0 Å². The zero-order chi connectivity index (χ0) is 14.1. The van der Waals surface area contributed by atoms with Crippen molar-refractivity contribution < 1.29 is 4.39 Å². The third kappa shape index (κ3) is 2.28. The van der Waals surface area contributed by atoms with Gasteiger partial charge in [0.05, 0.1) is 16.7 Å². The summed E-state index contributed by atoms with van der Waals surface area (Å²) in [5.41, 5.74) is 8.53. The van der Waals surface area contributed by atoms with E-state index >= 15 is 0 Å². The Hall–Kier alpha value is -1.91. The standard InChI is InChI=1S/C15H13ClFN3/c16-12-5-3-4-10(15(12)17)8-13(18)11-9-19-20-7-2-1-6-14(11)20/h1-7,9,13H,8,18H2. The minimum atomic E-state index is -0.402. The molecule has 1 aromatic carbocycles. The first-order valence-electron chi connectivity index (χ1n) is 6.27. The smallest absolute Gasteiger partial charge is 0.145 e. The highest BCUT2D eigenvalue weighted by molar-refractivity contribution is 6.30. The van der Waals surface area contributed by atoms with E-state index in [1.165, 1.54) is 6.07 Å². The highest BCUT2D eigenvalue weighted by Crippen LogP contribution is 2.24. The molecule has 2 N–H and O–H groups in total. The Labute approximate surface area is 120 Å². The van der Waals surface area contributed by atoms with Crippen LogP contribution in [0.25, 0.3) is 5.52 Å². The van der Waals surface area contributed by atoms with Gasteiger partial charge in [0.1, 0.15) is 5.82 Å². The first-order chi connectivity index (χ1) is 9.66. The SMILES string of the molecule is NC(Cc1cccc(Cl)c1F)c1cnn2ccccc12. The first-order valence-corrected chi connectivity index (χ1v) is 6.65. The fourth-order valence-electron chi connectivity index (χ4n) is 2.29. The number of pyridine rings is 1. The summed E-state index contributed by atoms with van der Waals surface area (Å²) < 4.78 is 15.7. The van der Waals surface area contributed by atoms with Gasteiger partial charge in [0, 0.05) is 17.8 Å². The second-order valence-corrected chi connectivity index (χ2v) is 5.06. The van der Waals surface area contributed by atoms with Crippen LogP contribution < -0.4 is 5.73 Å². The van der Waals surface area contributed by atoms with Crippen molar-refractivity contribution in [1.29, 1.82) is 0 Å². The molecule has 0 fully saturated rings. The molecular weight excluding hydrogens is 277 g/mol. The molecule has 0 aliphatic carbocycles. The van der Waals surface area contributed by atoms with Crippen LogP contribution in [0.4, 0.5) is 4.39 Å². The Kier molecular flexibility index (Phi) is 3.42. The molecule has 0 aliphatic rings. The maximum atomic E-state index is 13.9. The molecule has 0 saturated carbocycles. The number of benzene rings is 1. The Morgan fingerprint density at radius 2 is 2.10 bits per heavy atom. The average molecular weight is 290 g/mol. The number of fused-ring (bicyclic) bond motifs is 1. The van der Waals surface area contributed by atoms with Crippen LogP contribution in [-0.4, -0.2) is 9.61 Å². The van der Waals surface area contributed by atoms with E-state index in [-0.39, 0.29) is 11.1 Å². The average Bonchev–Trinajstić information content (AvgIpc) is 2.88. The van der Waals surface area contributed by atoms with Gasteiger partial charge in [-0.1, -0.05) is 29.8 Å². The second-order valence-electron chi connectivity index (χ2n) is 4.65. The van der Waals surface area contributed by atoms with E-state index in [0.717, 1.165) is 11.1 Å². The van der Waals surface area contributed by atoms with Crippen molar-refractivity contribution >= 4 is 17.1 Å². The number of aromatic nitrogens is 2. The molecule has 5 heteroatoms. The van der Waals surface area contributed by atoms with E-state index in [0.29, 0.717) is 12.0 Å². The molecule has 0 bridgehead atoms. The van der Waals surface area contributed by atoms with Gasteiger partial charge < -0.3 is 5.73 Å². The summed E-state index contributed by atoms with van der Waals surface area (Å²) in [6, 6.07) is 10.4. The molecule has 2 heterocycles. The molecular formula is C15H13ClFN3. The lowest BCUT2D eigenvalue weighted by Crippen LogP contribution is -2.14. The summed E-state index contributed by atoms with van der Waals surface area (Å²) in [5.74, 6) is -0.402. The molecule has 20 heavy (non-hydrogen) atoms.